The Morgan fingerprint density at radius 2 is 1.81 bits per heavy atom. The Bertz CT molecular complexity index is 707. The number of carbonyl (C=O) groups is 1. The van der Waals surface area contributed by atoms with Gasteiger partial charge in [-0.1, -0.05) is 30.3 Å². The molecule has 2 aromatic rings. The van der Waals surface area contributed by atoms with Gasteiger partial charge >= 0.3 is 0 Å². The van der Waals surface area contributed by atoms with Gasteiger partial charge in [0.05, 0.1) is 0 Å². The van der Waals surface area contributed by atoms with E-state index in [1.54, 1.807) is 12.3 Å². The second-order valence-corrected chi connectivity index (χ2v) is 6.84. The summed E-state index contributed by atoms with van der Waals surface area (Å²) in [5.74, 6) is 1.32. The number of amides is 1. The molecule has 3 rings (SSSR count). The number of carbonyl (C=O) groups excluding carboxylic acids is 1. The summed E-state index contributed by atoms with van der Waals surface area (Å²) in [5, 5.41) is 0. The van der Waals surface area contributed by atoms with Crippen LogP contribution in [-0.4, -0.2) is 47.0 Å². The molecular formula is C21H28N4O. The third-order valence-corrected chi connectivity index (χ3v) is 5.18. The summed E-state index contributed by atoms with van der Waals surface area (Å²) in [4.78, 5) is 25.6. The van der Waals surface area contributed by atoms with Crippen LogP contribution in [-0.2, 0) is 6.42 Å². The van der Waals surface area contributed by atoms with Crippen LogP contribution in [0.2, 0.25) is 0 Å². The first-order valence-electron chi connectivity index (χ1n) is 9.62. The molecule has 1 fully saturated rings. The van der Waals surface area contributed by atoms with Crippen molar-refractivity contribution in [3.8, 4) is 0 Å². The second kappa shape index (κ2) is 8.79. The summed E-state index contributed by atoms with van der Waals surface area (Å²) in [6, 6.07) is 12.3. The lowest BCUT2D eigenvalue weighted by atomic mass is 9.90. The Hall–Kier alpha value is -2.43. The zero-order chi connectivity index (χ0) is 18.4. The van der Waals surface area contributed by atoms with Crippen molar-refractivity contribution in [3.05, 3.63) is 53.9 Å². The van der Waals surface area contributed by atoms with E-state index in [4.69, 9.17) is 0 Å². The fourth-order valence-electron chi connectivity index (χ4n) is 3.58. The van der Waals surface area contributed by atoms with Crippen LogP contribution < -0.4 is 4.90 Å². The van der Waals surface area contributed by atoms with Crippen molar-refractivity contribution < 1.29 is 4.79 Å². The maximum Gasteiger partial charge on any atom is 0.272 e. The predicted molar refractivity (Wildman–Crippen MR) is 104 cm³/mol. The van der Waals surface area contributed by atoms with Gasteiger partial charge in [-0.3, -0.25) is 4.79 Å². The monoisotopic (exact) mass is 352 g/mol. The van der Waals surface area contributed by atoms with E-state index in [0.717, 1.165) is 45.4 Å². The predicted octanol–water partition coefficient (Wildman–Crippen LogP) is 3.42. The molecule has 0 bridgehead atoms. The molecule has 0 spiro atoms. The number of piperidine rings is 1. The van der Waals surface area contributed by atoms with Gasteiger partial charge in [0.1, 0.15) is 5.69 Å². The molecule has 1 saturated heterocycles. The van der Waals surface area contributed by atoms with E-state index in [9.17, 15) is 4.79 Å². The molecule has 1 amide bonds. The Kier molecular flexibility index (Phi) is 6.21. The van der Waals surface area contributed by atoms with E-state index >= 15 is 0 Å². The fourth-order valence-corrected chi connectivity index (χ4v) is 3.58. The van der Waals surface area contributed by atoms with Crippen LogP contribution in [0.1, 0.15) is 42.7 Å². The number of nitrogens with zero attached hydrogens (tertiary/aromatic N) is 4. The average molecular weight is 352 g/mol. The van der Waals surface area contributed by atoms with E-state index in [0.29, 0.717) is 17.6 Å². The molecular weight excluding hydrogens is 324 g/mol. The molecule has 5 nitrogen and oxygen atoms in total. The average Bonchev–Trinajstić information content (AvgIpc) is 2.70. The van der Waals surface area contributed by atoms with Crippen LogP contribution in [0, 0.1) is 5.92 Å². The number of hydrogen-bond acceptors (Lipinski definition) is 4. The summed E-state index contributed by atoms with van der Waals surface area (Å²) in [7, 11) is 0. The van der Waals surface area contributed by atoms with Crippen molar-refractivity contribution in [1.29, 1.82) is 0 Å². The van der Waals surface area contributed by atoms with Gasteiger partial charge in [0.2, 0.25) is 5.95 Å². The summed E-state index contributed by atoms with van der Waals surface area (Å²) >= 11 is 0. The highest BCUT2D eigenvalue weighted by Gasteiger charge is 2.25. The van der Waals surface area contributed by atoms with Crippen molar-refractivity contribution >= 4 is 11.9 Å². The smallest absolute Gasteiger partial charge is 0.272 e. The van der Waals surface area contributed by atoms with Crippen molar-refractivity contribution in [2.24, 2.45) is 5.92 Å². The van der Waals surface area contributed by atoms with Gasteiger partial charge in [0.25, 0.3) is 5.91 Å². The van der Waals surface area contributed by atoms with Gasteiger partial charge in [-0.05, 0) is 50.7 Å². The highest BCUT2D eigenvalue weighted by molar-refractivity contribution is 5.92. The lowest BCUT2D eigenvalue weighted by Crippen LogP contribution is -2.39. The Morgan fingerprint density at radius 3 is 2.46 bits per heavy atom. The van der Waals surface area contributed by atoms with Gasteiger partial charge in [-0.25, -0.2) is 9.97 Å². The van der Waals surface area contributed by atoms with Gasteiger partial charge in [-0.2, -0.15) is 0 Å². The molecule has 1 aliphatic rings. The SMILES string of the molecule is CCN(CC)c1nccc(C(=O)N2CCC(Cc3ccccc3)CC2)n1. The molecule has 0 aliphatic carbocycles. The lowest BCUT2D eigenvalue weighted by molar-refractivity contribution is 0.0684. The van der Waals surface area contributed by atoms with Crippen LogP contribution in [0.15, 0.2) is 42.6 Å². The molecule has 26 heavy (non-hydrogen) atoms. The molecule has 0 atom stereocenters. The number of aromatic nitrogens is 2. The van der Waals surface area contributed by atoms with Gasteiger partial charge in [0, 0.05) is 32.4 Å². The van der Waals surface area contributed by atoms with Crippen LogP contribution in [0.4, 0.5) is 5.95 Å². The Balaban J connectivity index is 1.59. The zero-order valence-corrected chi connectivity index (χ0v) is 15.8. The fraction of sp³-hybridized carbons (Fsp3) is 0.476. The van der Waals surface area contributed by atoms with Crippen molar-refractivity contribution in [1.82, 2.24) is 14.9 Å². The maximum atomic E-state index is 12.8. The lowest BCUT2D eigenvalue weighted by Gasteiger charge is -2.32. The van der Waals surface area contributed by atoms with Crippen LogP contribution in [0.5, 0.6) is 0 Å². The summed E-state index contributed by atoms with van der Waals surface area (Å²) in [6.45, 7) is 7.41. The summed E-state index contributed by atoms with van der Waals surface area (Å²) in [5.41, 5.74) is 1.89. The molecule has 1 aromatic heterocycles. The topological polar surface area (TPSA) is 49.3 Å². The molecule has 1 aromatic carbocycles. The third kappa shape index (κ3) is 4.40. The van der Waals surface area contributed by atoms with Crippen LogP contribution in [0.3, 0.4) is 0 Å². The minimum absolute atomic E-state index is 0.0268. The van der Waals surface area contributed by atoms with E-state index in [2.05, 4.69) is 59.0 Å². The van der Waals surface area contributed by atoms with E-state index in [1.807, 2.05) is 4.90 Å². The first-order chi connectivity index (χ1) is 12.7. The molecule has 0 radical (unpaired) electrons. The number of anilines is 1. The molecule has 0 saturated carbocycles. The largest absolute Gasteiger partial charge is 0.341 e. The van der Waals surface area contributed by atoms with E-state index < -0.39 is 0 Å². The summed E-state index contributed by atoms with van der Waals surface area (Å²) in [6.07, 6.45) is 4.89. The van der Waals surface area contributed by atoms with E-state index in [1.165, 1.54) is 5.56 Å². The maximum absolute atomic E-state index is 12.8. The summed E-state index contributed by atoms with van der Waals surface area (Å²) < 4.78 is 0. The standard InChI is InChI=1S/C21H28N4O/c1-3-24(4-2)21-22-13-10-19(23-21)20(26)25-14-11-18(12-15-25)16-17-8-6-5-7-9-17/h5-10,13,18H,3-4,11-12,14-16H2,1-2H3. The minimum atomic E-state index is 0.0268. The highest BCUT2D eigenvalue weighted by atomic mass is 16.2. The molecule has 0 N–H and O–H groups in total. The quantitative estimate of drug-likeness (QED) is 0.799. The molecule has 2 heterocycles. The first-order valence-corrected chi connectivity index (χ1v) is 9.62. The van der Waals surface area contributed by atoms with Gasteiger partial charge in [0.15, 0.2) is 0 Å². The van der Waals surface area contributed by atoms with Crippen molar-refractivity contribution in [3.63, 3.8) is 0 Å². The Morgan fingerprint density at radius 1 is 1.12 bits per heavy atom. The first kappa shape index (κ1) is 18.4. The molecule has 5 heteroatoms. The normalized spacial score (nSPS) is 15.1. The number of rotatable bonds is 6. The highest BCUT2D eigenvalue weighted by Crippen LogP contribution is 2.22. The van der Waals surface area contributed by atoms with E-state index in [-0.39, 0.29) is 5.91 Å². The molecule has 1 aliphatic heterocycles. The molecule has 0 unspecified atom stereocenters. The van der Waals surface area contributed by atoms with Gasteiger partial charge < -0.3 is 9.80 Å². The van der Waals surface area contributed by atoms with Crippen LogP contribution >= 0.6 is 0 Å². The third-order valence-electron chi connectivity index (χ3n) is 5.18. The number of benzene rings is 1. The van der Waals surface area contributed by atoms with Crippen molar-refractivity contribution in [2.45, 2.75) is 33.1 Å². The van der Waals surface area contributed by atoms with Gasteiger partial charge in [-0.15, -0.1) is 0 Å². The number of hydrogen-bond donors (Lipinski definition) is 0. The Labute approximate surface area is 156 Å². The van der Waals surface area contributed by atoms with Crippen molar-refractivity contribution in [2.75, 3.05) is 31.1 Å². The zero-order valence-electron chi connectivity index (χ0n) is 15.8. The molecule has 138 valence electrons. The minimum Gasteiger partial charge on any atom is -0.341 e. The van der Waals surface area contributed by atoms with Crippen LogP contribution in [0.25, 0.3) is 0 Å². The number of likely N-dealkylation sites (tertiary alicyclic amines) is 1. The second-order valence-electron chi connectivity index (χ2n) is 6.84.